The lowest BCUT2D eigenvalue weighted by Gasteiger charge is -2.16. The van der Waals surface area contributed by atoms with Crippen molar-refractivity contribution in [3.8, 4) is 22.6 Å². The van der Waals surface area contributed by atoms with Crippen molar-refractivity contribution in [2.45, 2.75) is 19.8 Å². The predicted molar refractivity (Wildman–Crippen MR) is 120 cm³/mol. The van der Waals surface area contributed by atoms with Gasteiger partial charge in [-0.05, 0) is 36.2 Å². The van der Waals surface area contributed by atoms with Gasteiger partial charge in [0.15, 0.2) is 17.9 Å². The van der Waals surface area contributed by atoms with E-state index in [1.807, 2.05) is 31.2 Å². The van der Waals surface area contributed by atoms with Crippen LogP contribution in [0.25, 0.3) is 22.6 Å². The number of rotatable bonds is 8. The lowest BCUT2D eigenvalue weighted by molar-refractivity contribution is -0.142. The van der Waals surface area contributed by atoms with Gasteiger partial charge in [-0.1, -0.05) is 24.3 Å². The van der Waals surface area contributed by atoms with Crippen molar-refractivity contribution in [2.24, 2.45) is 5.73 Å². The molecule has 9 heteroatoms. The Balaban J connectivity index is 1.57. The van der Waals surface area contributed by atoms with Crippen LogP contribution in [0, 0.1) is 6.92 Å². The number of nitrogens with one attached hydrogen (secondary N) is 1. The van der Waals surface area contributed by atoms with Gasteiger partial charge in [0, 0.05) is 23.7 Å². The number of carbonyl (C=O) groups is 2. The van der Waals surface area contributed by atoms with Gasteiger partial charge in [-0.2, -0.15) is 0 Å². The van der Waals surface area contributed by atoms with Crippen molar-refractivity contribution < 1.29 is 23.2 Å². The Morgan fingerprint density at radius 2 is 1.94 bits per heavy atom. The van der Waals surface area contributed by atoms with Gasteiger partial charge in [0.25, 0.3) is 6.01 Å². The molecule has 0 saturated heterocycles. The summed E-state index contributed by atoms with van der Waals surface area (Å²) in [5, 5.41) is 3.13. The molecule has 2 aromatic carbocycles. The minimum absolute atomic E-state index is 0.155. The van der Waals surface area contributed by atoms with E-state index >= 15 is 0 Å². The van der Waals surface area contributed by atoms with Gasteiger partial charge < -0.3 is 24.6 Å². The zero-order valence-corrected chi connectivity index (χ0v) is 18.1. The molecule has 9 nitrogen and oxygen atoms in total. The highest BCUT2D eigenvalue weighted by Gasteiger charge is 2.24. The van der Waals surface area contributed by atoms with Gasteiger partial charge in [0.2, 0.25) is 5.91 Å². The zero-order chi connectivity index (χ0) is 23.4. The number of hydrogen-bond acceptors (Lipinski definition) is 8. The number of esters is 1. The summed E-state index contributed by atoms with van der Waals surface area (Å²) in [5.41, 5.74) is 9.49. The molecule has 2 aromatic heterocycles. The maximum atomic E-state index is 12.0. The summed E-state index contributed by atoms with van der Waals surface area (Å²) in [6.07, 6.45) is 4.61. The van der Waals surface area contributed by atoms with Gasteiger partial charge in [-0.25, -0.2) is 9.97 Å². The number of benzene rings is 2. The molecule has 0 aliphatic heterocycles. The third-order valence-corrected chi connectivity index (χ3v) is 5.08. The molecule has 0 aliphatic carbocycles. The van der Waals surface area contributed by atoms with Crippen LogP contribution in [-0.4, -0.2) is 28.5 Å². The quantitative estimate of drug-likeness (QED) is 0.385. The van der Waals surface area contributed by atoms with Crippen molar-refractivity contribution in [3.63, 3.8) is 0 Å². The van der Waals surface area contributed by atoms with Gasteiger partial charge in [-0.3, -0.25) is 9.59 Å². The number of anilines is 2. The van der Waals surface area contributed by atoms with Crippen LogP contribution in [0.15, 0.2) is 70.1 Å². The summed E-state index contributed by atoms with van der Waals surface area (Å²) in [7, 11) is 0. The van der Waals surface area contributed by atoms with Crippen molar-refractivity contribution in [2.75, 3.05) is 11.9 Å². The summed E-state index contributed by atoms with van der Waals surface area (Å²) in [6, 6.07) is 13.1. The topological polar surface area (TPSA) is 133 Å². The molecule has 3 N–H and O–H groups in total. The molecular formula is C24H22N4O5. The smallest absolute Gasteiger partial charge is 0.302 e. The Morgan fingerprint density at radius 3 is 2.64 bits per heavy atom. The van der Waals surface area contributed by atoms with Crippen molar-refractivity contribution in [3.05, 3.63) is 72.4 Å². The van der Waals surface area contributed by atoms with E-state index in [0.717, 1.165) is 16.8 Å². The second kappa shape index (κ2) is 9.39. The fourth-order valence-corrected chi connectivity index (χ4v) is 3.50. The summed E-state index contributed by atoms with van der Waals surface area (Å²) in [6.45, 7) is 3.09. The largest absolute Gasteiger partial charge is 0.465 e. The van der Waals surface area contributed by atoms with E-state index in [9.17, 15) is 9.59 Å². The second-order valence-electron chi connectivity index (χ2n) is 7.39. The monoisotopic (exact) mass is 446 g/mol. The van der Waals surface area contributed by atoms with Crippen molar-refractivity contribution in [1.82, 2.24) is 9.97 Å². The molecule has 4 aromatic rings. The van der Waals surface area contributed by atoms with Crippen LogP contribution in [0.2, 0.25) is 0 Å². The highest BCUT2D eigenvalue weighted by molar-refractivity contribution is 5.85. The number of hydrogen-bond donors (Lipinski definition) is 2. The maximum Gasteiger partial charge on any atom is 0.302 e. The summed E-state index contributed by atoms with van der Waals surface area (Å²) >= 11 is 0. The second-order valence-corrected chi connectivity index (χ2v) is 7.39. The van der Waals surface area contributed by atoms with Crippen LogP contribution < -0.4 is 11.1 Å². The Kier molecular flexibility index (Phi) is 6.21. The Labute approximate surface area is 189 Å². The molecular weight excluding hydrogens is 424 g/mol. The highest BCUT2D eigenvalue weighted by Crippen LogP contribution is 2.32. The molecule has 0 saturated carbocycles. The number of aryl methyl sites for hydroxylation is 1. The van der Waals surface area contributed by atoms with Crippen LogP contribution in [0.4, 0.5) is 11.7 Å². The summed E-state index contributed by atoms with van der Waals surface area (Å²) < 4.78 is 16.3. The fraction of sp³-hybridized carbons (Fsp3) is 0.167. The van der Waals surface area contributed by atoms with Gasteiger partial charge in [0.05, 0.1) is 18.3 Å². The first-order valence-electron chi connectivity index (χ1n) is 10.2. The van der Waals surface area contributed by atoms with Crippen molar-refractivity contribution >= 4 is 23.6 Å². The van der Waals surface area contributed by atoms with E-state index in [1.165, 1.54) is 13.3 Å². The van der Waals surface area contributed by atoms with E-state index < -0.39 is 17.8 Å². The maximum absolute atomic E-state index is 12.0. The average Bonchev–Trinajstić information content (AvgIpc) is 3.46. The molecule has 168 valence electrons. The number of aromatic nitrogens is 2. The van der Waals surface area contributed by atoms with Gasteiger partial charge >= 0.3 is 5.97 Å². The molecule has 33 heavy (non-hydrogen) atoms. The number of primary amides is 1. The predicted octanol–water partition coefficient (Wildman–Crippen LogP) is 4.18. The number of oxazole rings is 2. The van der Waals surface area contributed by atoms with E-state index in [1.54, 1.807) is 30.6 Å². The molecule has 0 aliphatic rings. The molecule has 1 atom stereocenters. The minimum Gasteiger partial charge on any atom is -0.465 e. The minimum atomic E-state index is -0.821. The van der Waals surface area contributed by atoms with Crippen LogP contribution >= 0.6 is 0 Å². The Morgan fingerprint density at radius 1 is 1.12 bits per heavy atom. The number of nitrogens with zero attached hydrogens (tertiary/aromatic N) is 2. The van der Waals surface area contributed by atoms with Gasteiger partial charge in [0.1, 0.15) is 6.61 Å². The molecule has 0 fully saturated rings. The Hall–Kier alpha value is -4.40. The zero-order valence-electron chi connectivity index (χ0n) is 18.1. The van der Waals surface area contributed by atoms with Crippen molar-refractivity contribution in [1.29, 1.82) is 0 Å². The normalized spacial score (nSPS) is 11.7. The van der Waals surface area contributed by atoms with Crippen LogP contribution in [0.1, 0.15) is 24.0 Å². The number of nitrogens with two attached hydrogens (primary N) is 1. The lowest BCUT2D eigenvalue weighted by atomic mass is 9.93. The first-order chi connectivity index (χ1) is 15.9. The molecule has 2 heterocycles. The summed E-state index contributed by atoms with van der Waals surface area (Å²) in [5.74, 6) is -0.791. The standard InChI is InChI=1S/C24H22N4O5/c1-14-9-16(7-8-17(14)21-10-26-13-32-21)28-24-27-11-22(33-24)19-6-4-3-5-18(19)20(23(25)30)12-31-15(2)29/h3-11,13,20H,12H2,1-2H3,(H2,25,30)(H,27,28). The number of ether oxygens (including phenoxy) is 1. The van der Waals surface area contributed by atoms with Crippen LogP contribution in [0.5, 0.6) is 0 Å². The SMILES string of the molecule is CC(=O)OCC(C(N)=O)c1ccccc1-c1cnc(Nc2ccc(-c3cnco3)c(C)c2)o1. The number of carbonyl (C=O) groups excluding carboxylic acids is 2. The highest BCUT2D eigenvalue weighted by atomic mass is 16.5. The van der Waals surface area contributed by atoms with E-state index in [2.05, 4.69) is 15.3 Å². The Bertz CT molecular complexity index is 1280. The molecule has 4 rings (SSSR count). The molecule has 0 radical (unpaired) electrons. The van der Waals surface area contributed by atoms with E-state index in [4.69, 9.17) is 19.3 Å². The van der Waals surface area contributed by atoms with Crippen LogP contribution in [-0.2, 0) is 14.3 Å². The van der Waals surface area contributed by atoms with E-state index in [0.29, 0.717) is 22.6 Å². The third kappa shape index (κ3) is 4.93. The molecule has 0 spiro atoms. The fourth-order valence-electron chi connectivity index (χ4n) is 3.50. The lowest BCUT2D eigenvalue weighted by Crippen LogP contribution is -2.26. The third-order valence-electron chi connectivity index (χ3n) is 5.08. The van der Waals surface area contributed by atoms with Crippen LogP contribution in [0.3, 0.4) is 0 Å². The molecule has 1 unspecified atom stereocenters. The van der Waals surface area contributed by atoms with E-state index in [-0.39, 0.29) is 12.6 Å². The van der Waals surface area contributed by atoms with Gasteiger partial charge in [-0.15, -0.1) is 0 Å². The molecule has 1 amide bonds. The molecule has 0 bridgehead atoms. The first kappa shape index (κ1) is 21.8. The number of amides is 1. The first-order valence-corrected chi connectivity index (χ1v) is 10.2. The summed E-state index contributed by atoms with van der Waals surface area (Å²) in [4.78, 5) is 31.5. The average molecular weight is 446 g/mol.